The Morgan fingerprint density at radius 3 is 2.73 bits per heavy atom. The van der Waals surface area contributed by atoms with Gasteiger partial charge in [0, 0.05) is 14.5 Å². The van der Waals surface area contributed by atoms with Gasteiger partial charge in [0.2, 0.25) is 0 Å². The van der Waals surface area contributed by atoms with Gasteiger partial charge in [-0.25, -0.2) is 4.98 Å². The Bertz CT molecular complexity index is 496. The molecule has 0 radical (unpaired) electrons. The molecule has 0 atom stereocenters. The van der Waals surface area contributed by atoms with E-state index in [0.29, 0.717) is 6.42 Å². The summed E-state index contributed by atoms with van der Waals surface area (Å²) in [5.74, 6) is 0. The van der Waals surface area contributed by atoms with Gasteiger partial charge in [-0.1, -0.05) is 12.1 Å². The molecule has 0 saturated heterocycles. The molecule has 4 heteroatoms. The summed E-state index contributed by atoms with van der Waals surface area (Å²) in [7, 11) is 0. The van der Waals surface area contributed by atoms with E-state index in [9.17, 15) is 0 Å². The van der Waals surface area contributed by atoms with Crippen molar-refractivity contribution >= 4 is 33.9 Å². The second-order valence-electron chi connectivity index (χ2n) is 2.97. The van der Waals surface area contributed by atoms with E-state index in [4.69, 9.17) is 5.26 Å². The summed E-state index contributed by atoms with van der Waals surface area (Å²) >= 11 is 3.81. The van der Waals surface area contributed by atoms with Gasteiger partial charge in [-0.15, -0.1) is 11.3 Å². The van der Waals surface area contributed by atoms with Crippen LogP contribution in [0.4, 0.5) is 0 Å². The molecule has 2 rings (SSSR count). The third-order valence-corrected chi connectivity index (χ3v) is 3.49. The Labute approximate surface area is 106 Å². The van der Waals surface area contributed by atoms with Crippen molar-refractivity contribution in [1.29, 1.82) is 5.26 Å². The Hall–Kier alpha value is -0.930. The predicted octanol–water partition coefficient (Wildman–Crippen LogP) is 3.48. The second-order valence-corrected chi connectivity index (χ2v) is 5.16. The van der Waals surface area contributed by atoms with Crippen LogP contribution in [0.15, 0.2) is 29.6 Å². The van der Waals surface area contributed by atoms with Gasteiger partial charge < -0.3 is 0 Å². The summed E-state index contributed by atoms with van der Waals surface area (Å²) in [6.07, 6.45) is 0.398. The number of nitrogens with zero attached hydrogens (tertiary/aromatic N) is 2. The zero-order valence-corrected chi connectivity index (χ0v) is 10.7. The largest absolute Gasteiger partial charge is 0.240 e. The summed E-state index contributed by atoms with van der Waals surface area (Å²) in [6.45, 7) is 0. The molecular weight excluding hydrogens is 319 g/mol. The molecule has 0 aliphatic rings. The molecule has 1 aromatic heterocycles. The van der Waals surface area contributed by atoms with Crippen LogP contribution < -0.4 is 0 Å². The van der Waals surface area contributed by atoms with E-state index in [1.165, 1.54) is 14.9 Å². The van der Waals surface area contributed by atoms with Gasteiger partial charge in [0.05, 0.1) is 18.2 Å². The van der Waals surface area contributed by atoms with E-state index in [-0.39, 0.29) is 0 Å². The molecule has 2 aromatic rings. The smallest absolute Gasteiger partial charge is 0.107 e. The zero-order chi connectivity index (χ0) is 10.7. The van der Waals surface area contributed by atoms with Crippen molar-refractivity contribution in [2.45, 2.75) is 6.42 Å². The molecule has 2 nitrogen and oxygen atoms in total. The number of nitriles is 1. The fourth-order valence-electron chi connectivity index (χ4n) is 1.21. The van der Waals surface area contributed by atoms with Crippen LogP contribution in [-0.4, -0.2) is 4.98 Å². The summed E-state index contributed by atoms with van der Waals surface area (Å²) in [5, 5.41) is 11.4. The Morgan fingerprint density at radius 2 is 2.07 bits per heavy atom. The fraction of sp³-hybridized carbons (Fsp3) is 0.0909. The SMILES string of the molecule is N#CCc1nc(-c2ccc(I)cc2)cs1. The highest BCUT2D eigenvalue weighted by Gasteiger charge is 2.03. The summed E-state index contributed by atoms with van der Waals surface area (Å²) in [6, 6.07) is 10.3. The highest BCUT2D eigenvalue weighted by molar-refractivity contribution is 14.1. The van der Waals surface area contributed by atoms with Crippen molar-refractivity contribution in [1.82, 2.24) is 4.98 Å². The van der Waals surface area contributed by atoms with E-state index in [1.54, 1.807) is 0 Å². The number of thiazole rings is 1. The van der Waals surface area contributed by atoms with Crippen LogP contribution in [0.5, 0.6) is 0 Å². The third kappa shape index (κ3) is 2.55. The van der Waals surface area contributed by atoms with Crippen LogP contribution in [0.25, 0.3) is 11.3 Å². The first-order valence-corrected chi connectivity index (χ1v) is 6.33. The standard InChI is InChI=1S/C11H7IN2S/c12-9-3-1-8(2-4-9)10-7-15-11(14-10)5-6-13/h1-4,7H,5H2. The van der Waals surface area contributed by atoms with Gasteiger partial charge in [-0.05, 0) is 34.7 Å². The van der Waals surface area contributed by atoms with Crippen LogP contribution >= 0.6 is 33.9 Å². The van der Waals surface area contributed by atoms with Gasteiger partial charge in [0.15, 0.2) is 0 Å². The first kappa shape index (κ1) is 10.6. The van der Waals surface area contributed by atoms with Gasteiger partial charge in [-0.3, -0.25) is 0 Å². The van der Waals surface area contributed by atoms with E-state index in [0.717, 1.165) is 16.3 Å². The molecule has 1 heterocycles. The van der Waals surface area contributed by atoms with Crippen molar-refractivity contribution in [3.8, 4) is 17.3 Å². The maximum absolute atomic E-state index is 8.55. The van der Waals surface area contributed by atoms with Crippen LogP contribution in [0, 0.1) is 14.9 Å². The van der Waals surface area contributed by atoms with E-state index in [1.807, 2.05) is 17.5 Å². The fourth-order valence-corrected chi connectivity index (χ4v) is 2.31. The summed E-state index contributed by atoms with van der Waals surface area (Å²) in [4.78, 5) is 4.39. The molecule has 15 heavy (non-hydrogen) atoms. The van der Waals surface area contributed by atoms with Gasteiger partial charge in [0.25, 0.3) is 0 Å². The first-order chi connectivity index (χ1) is 7.29. The molecule has 0 aliphatic heterocycles. The van der Waals surface area contributed by atoms with Gasteiger partial charge in [0.1, 0.15) is 5.01 Å². The average Bonchev–Trinajstić information content (AvgIpc) is 2.68. The lowest BCUT2D eigenvalue weighted by molar-refractivity contribution is 1.19. The monoisotopic (exact) mass is 326 g/mol. The molecule has 1 aromatic carbocycles. The van der Waals surface area contributed by atoms with Crippen molar-refractivity contribution in [2.24, 2.45) is 0 Å². The Balaban J connectivity index is 2.30. The van der Waals surface area contributed by atoms with Gasteiger partial charge in [-0.2, -0.15) is 5.26 Å². The van der Waals surface area contributed by atoms with Crippen LogP contribution in [0.2, 0.25) is 0 Å². The van der Waals surface area contributed by atoms with Crippen molar-refractivity contribution in [2.75, 3.05) is 0 Å². The maximum Gasteiger partial charge on any atom is 0.107 e. The summed E-state index contributed by atoms with van der Waals surface area (Å²) in [5.41, 5.74) is 2.07. The van der Waals surface area contributed by atoms with Crippen LogP contribution in [0.3, 0.4) is 0 Å². The maximum atomic E-state index is 8.55. The van der Waals surface area contributed by atoms with Crippen LogP contribution in [0.1, 0.15) is 5.01 Å². The predicted molar refractivity (Wildman–Crippen MR) is 69.6 cm³/mol. The highest BCUT2D eigenvalue weighted by Crippen LogP contribution is 2.22. The molecule has 0 N–H and O–H groups in total. The number of rotatable bonds is 2. The highest BCUT2D eigenvalue weighted by atomic mass is 127. The minimum atomic E-state index is 0.398. The van der Waals surface area contributed by atoms with E-state index < -0.39 is 0 Å². The molecule has 0 unspecified atom stereocenters. The third-order valence-electron chi connectivity index (χ3n) is 1.92. The molecule has 0 aliphatic carbocycles. The topological polar surface area (TPSA) is 36.7 Å². The number of benzene rings is 1. The molecule has 0 bridgehead atoms. The number of hydrogen-bond acceptors (Lipinski definition) is 3. The van der Waals surface area contributed by atoms with E-state index in [2.05, 4.69) is 45.8 Å². The minimum Gasteiger partial charge on any atom is -0.240 e. The van der Waals surface area contributed by atoms with E-state index >= 15 is 0 Å². The second kappa shape index (κ2) is 4.73. The Morgan fingerprint density at radius 1 is 1.33 bits per heavy atom. The summed E-state index contributed by atoms with van der Waals surface area (Å²) < 4.78 is 1.21. The average molecular weight is 326 g/mol. The molecule has 0 amide bonds. The van der Waals surface area contributed by atoms with Gasteiger partial charge >= 0.3 is 0 Å². The molecule has 0 saturated carbocycles. The molecule has 0 fully saturated rings. The van der Waals surface area contributed by atoms with Crippen molar-refractivity contribution in [3.05, 3.63) is 38.2 Å². The lowest BCUT2D eigenvalue weighted by Crippen LogP contribution is -1.81. The van der Waals surface area contributed by atoms with Crippen LogP contribution in [-0.2, 0) is 6.42 Å². The number of hydrogen-bond donors (Lipinski definition) is 0. The Kier molecular flexibility index (Phi) is 3.34. The molecule has 74 valence electrons. The number of halogens is 1. The normalized spacial score (nSPS) is 9.87. The van der Waals surface area contributed by atoms with Crippen molar-refractivity contribution in [3.63, 3.8) is 0 Å². The van der Waals surface area contributed by atoms with Crippen molar-refractivity contribution < 1.29 is 0 Å². The lowest BCUT2D eigenvalue weighted by Gasteiger charge is -1.95. The molecular formula is C11H7IN2S. The molecule has 0 spiro atoms. The zero-order valence-electron chi connectivity index (χ0n) is 7.77. The lowest BCUT2D eigenvalue weighted by atomic mass is 10.2. The minimum absolute atomic E-state index is 0.398. The first-order valence-electron chi connectivity index (χ1n) is 4.37. The number of aromatic nitrogens is 1. The quantitative estimate of drug-likeness (QED) is 0.792.